The van der Waals surface area contributed by atoms with Gasteiger partial charge in [0.05, 0.1) is 0 Å². The van der Waals surface area contributed by atoms with Crippen molar-refractivity contribution in [3.05, 3.63) is 24.3 Å². The molecule has 0 N–H and O–H groups in total. The number of hydrogen-bond donors (Lipinski definition) is 0. The number of ether oxygens (including phenoxy) is 3. The summed E-state index contributed by atoms with van der Waals surface area (Å²) >= 11 is 0. The van der Waals surface area contributed by atoms with Crippen LogP contribution < -0.4 is 0 Å². The zero-order valence-electron chi connectivity index (χ0n) is 38.1. The topological polar surface area (TPSA) is 78.9 Å². The third kappa shape index (κ3) is 44.8. The molecular formula is C51H94O6. The summed E-state index contributed by atoms with van der Waals surface area (Å²) in [6.45, 7) is 6.61. The summed E-state index contributed by atoms with van der Waals surface area (Å²) in [5, 5.41) is 0. The zero-order valence-corrected chi connectivity index (χ0v) is 38.1. The fourth-order valence-electron chi connectivity index (χ4n) is 7.14. The highest BCUT2D eigenvalue weighted by Crippen LogP contribution is 2.15. The highest BCUT2D eigenvalue weighted by Gasteiger charge is 2.19. The molecule has 0 saturated heterocycles. The minimum atomic E-state index is -0.771. The first-order chi connectivity index (χ1) is 28.0. The molecule has 6 nitrogen and oxygen atoms in total. The smallest absolute Gasteiger partial charge is 0.306 e. The van der Waals surface area contributed by atoms with Crippen molar-refractivity contribution in [3.8, 4) is 0 Å². The molecular weight excluding hydrogens is 709 g/mol. The van der Waals surface area contributed by atoms with E-state index in [4.69, 9.17) is 14.2 Å². The Morgan fingerprint density at radius 3 is 0.895 bits per heavy atom. The molecule has 6 heteroatoms. The van der Waals surface area contributed by atoms with Crippen molar-refractivity contribution in [1.29, 1.82) is 0 Å². The first kappa shape index (κ1) is 54.9. The number of esters is 3. The Kier molecular flexibility index (Phi) is 44.9. The van der Waals surface area contributed by atoms with E-state index < -0.39 is 6.10 Å². The standard InChI is InChI=1S/C51H94O6/c1-4-7-10-13-16-19-22-24-25-27-30-32-35-38-41-44-50(53)56-47-48(57-51(54)45-42-39-36-33-28-21-18-15-12-9-6-3)46-55-49(52)43-40-37-34-31-29-26-23-20-17-14-11-8-5-2/h20,23-25,48H,4-19,21-22,26-47H2,1-3H3/t48-/m1/s1. The van der Waals surface area contributed by atoms with Gasteiger partial charge >= 0.3 is 17.9 Å². The van der Waals surface area contributed by atoms with Crippen LogP contribution in [0.4, 0.5) is 0 Å². The van der Waals surface area contributed by atoms with Crippen LogP contribution in [0.3, 0.4) is 0 Å². The first-order valence-electron chi connectivity index (χ1n) is 24.8. The predicted octanol–water partition coefficient (Wildman–Crippen LogP) is 16.0. The van der Waals surface area contributed by atoms with Crippen LogP contribution in [0.15, 0.2) is 24.3 Å². The molecule has 57 heavy (non-hydrogen) atoms. The summed E-state index contributed by atoms with van der Waals surface area (Å²) in [6, 6.07) is 0. The van der Waals surface area contributed by atoms with E-state index in [0.717, 1.165) is 70.6 Å². The van der Waals surface area contributed by atoms with E-state index >= 15 is 0 Å². The van der Waals surface area contributed by atoms with Gasteiger partial charge in [0.2, 0.25) is 0 Å². The van der Waals surface area contributed by atoms with Crippen LogP contribution in [0.5, 0.6) is 0 Å². The fourth-order valence-corrected chi connectivity index (χ4v) is 7.14. The summed E-state index contributed by atoms with van der Waals surface area (Å²) in [5.74, 6) is -0.883. The quantitative estimate of drug-likeness (QED) is 0.0264. The Morgan fingerprint density at radius 1 is 0.333 bits per heavy atom. The Labute approximate surface area is 353 Å². The monoisotopic (exact) mass is 803 g/mol. The summed E-state index contributed by atoms with van der Waals surface area (Å²) in [5.41, 5.74) is 0. The van der Waals surface area contributed by atoms with Crippen LogP contribution in [0, 0.1) is 0 Å². The fraction of sp³-hybridized carbons (Fsp3) is 0.863. The average molecular weight is 803 g/mol. The third-order valence-electron chi connectivity index (χ3n) is 10.9. The van der Waals surface area contributed by atoms with Gasteiger partial charge in [0.25, 0.3) is 0 Å². The maximum atomic E-state index is 12.7. The van der Waals surface area contributed by atoms with E-state index in [2.05, 4.69) is 45.1 Å². The Hall–Kier alpha value is -2.11. The lowest BCUT2D eigenvalue weighted by molar-refractivity contribution is -0.167. The zero-order chi connectivity index (χ0) is 41.5. The first-order valence-corrected chi connectivity index (χ1v) is 24.8. The van der Waals surface area contributed by atoms with Crippen LogP contribution in [0.2, 0.25) is 0 Å². The molecule has 0 aromatic heterocycles. The van der Waals surface area contributed by atoms with Crippen LogP contribution >= 0.6 is 0 Å². The van der Waals surface area contributed by atoms with Crippen molar-refractivity contribution >= 4 is 17.9 Å². The molecule has 0 radical (unpaired) electrons. The molecule has 0 aliphatic heterocycles. The van der Waals surface area contributed by atoms with Crippen molar-refractivity contribution in [1.82, 2.24) is 0 Å². The molecule has 0 aromatic carbocycles. The lowest BCUT2D eigenvalue weighted by Gasteiger charge is -2.18. The summed E-state index contributed by atoms with van der Waals surface area (Å²) < 4.78 is 16.7. The van der Waals surface area contributed by atoms with Crippen LogP contribution in [-0.2, 0) is 28.6 Å². The lowest BCUT2D eigenvalue weighted by atomic mass is 10.1. The molecule has 0 aliphatic rings. The van der Waals surface area contributed by atoms with Gasteiger partial charge in [-0.3, -0.25) is 14.4 Å². The second-order valence-electron chi connectivity index (χ2n) is 16.7. The average Bonchev–Trinajstić information content (AvgIpc) is 3.21. The normalized spacial score (nSPS) is 12.1. The second-order valence-corrected chi connectivity index (χ2v) is 16.7. The van der Waals surface area contributed by atoms with Gasteiger partial charge < -0.3 is 14.2 Å². The largest absolute Gasteiger partial charge is 0.462 e. The van der Waals surface area contributed by atoms with E-state index in [-0.39, 0.29) is 31.1 Å². The number of allylic oxidation sites excluding steroid dienone is 4. The van der Waals surface area contributed by atoms with Crippen LogP contribution in [0.25, 0.3) is 0 Å². The summed E-state index contributed by atoms with van der Waals surface area (Å²) in [4.78, 5) is 37.8. The van der Waals surface area contributed by atoms with E-state index in [1.165, 1.54) is 154 Å². The number of rotatable bonds is 45. The molecule has 0 saturated carbocycles. The van der Waals surface area contributed by atoms with E-state index in [1.807, 2.05) is 0 Å². The van der Waals surface area contributed by atoms with Crippen LogP contribution in [-0.4, -0.2) is 37.2 Å². The van der Waals surface area contributed by atoms with Crippen molar-refractivity contribution in [3.63, 3.8) is 0 Å². The SMILES string of the molecule is CCCCCCC=CCCCCCCCC(=O)OC[C@H](COC(=O)CCCCCCCC=CCCCCCCCC)OC(=O)CCCCCCCCCCCCC. The maximum absolute atomic E-state index is 12.7. The Morgan fingerprint density at radius 2 is 0.579 bits per heavy atom. The van der Waals surface area contributed by atoms with Gasteiger partial charge in [-0.25, -0.2) is 0 Å². The van der Waals surface area contributed by atoms with Gasteiger partial charge in [0, 0.05) is 19.3 Å². The molecule has 1 atom stereocenters. The predicted molar refractivity (Wildman–Crippen MR) is 243 cm³/mol. The molecule has 0 bridgehead atoms. The molecule has 0 rings (SSSR count). The summed E-state index contributed by atoms with van der Waals surface area (Å²) in [7, 11) is 0. The van der Waals surface area contributed by atoms with Gasteiger partial charge in [-0.05, 0) is 70.6 Å². The minimum absolute atomic E-state index is 0.0750. The van der Waals surface area contributed by atoms with Gasteiger partial charge in [0.15, 0.2) is 6.10 Å². The maximum Gasteiger partial charge on any atom is 0.306 e. The Balaban J connectivity index is 4.35. The number of hydrogen-bond acceptors (Lipinski definition) is 6. The van der Waals surface area contributed by atoms with Gasteiger partial charge in [-0.1, -0.05) is 199 Å². The molecule has 0 spiro atoms. The molecule has 334 valence electrons. The van der Waals surface area contributed by atoms with E-state index in [0.29, 0.717) is 19.3 Å². The Bertz CT molecular complexity index is 927. The van der Waals surface area contributed by atoms with E-state index in [9.17, 15) is 14.4 Å². The third-order valence-corrected chi connectivity index (χ3v) is 10.9. The molecule has 0 amide bonds. The van der Waals surface area contributed by atoms with Gasteiger partial charge in [-0.2, -0.15) is 0 Å². The number of carbonyl (C=O) groups excluding carboxylic acids is 3. The van der Waals surface area contributed by atoms with Gasteiger partial charge in [-0.15, -0.1) is 0 Å². The molecule has 0 heterocycles. The second kappa shape index (κ2) is 46.6. The number of carbonyl (C=O) groups is 3. The van der Waals surface area contributed by atoms with Crippen molar-refractivity contribution < 1.29 is 28.6 Å². The number of unbranched alkanes of at least 4 members (excludes halogenated alkanes) is 30. The van der Waals surface area contributed by atoms with Crippen molar-refractivity contribution in [2.45, 2.75) is 271 Å². The molecule has 0 unspecified atom stereocenters. The molecule has 0 aromatic rings. The van der Waals surface area contributed by atoms with Crippen LogP contribution in [0.1, 0.15) is 265 Å². The van der Waals surface area contributed by atoms with Crippen molar-refractivity contribution in [2.75, 3.05) is 13.2 Å². The highest BCUT2D eigenvalue weighted by atomic mass is 16.6. The van der Waals surface area contributed by atoms with Gasteiger partial charge in [0.1, 0.15) is 13.2 Å². The lowest BCUT2D eigenvalue weighted by Crippen LogP contribution is -2.30. The van der Waals surface area contributed by atoms with Crippen molar-refractivity contribution in [2.24, 2.45) is 0 Å². The highest BCUT2D eigenvalue weighted by molar-refractivity contribution is 5.71. The minimum Gasteiger partial charge on any atom is -0.462 e. The summed E-state index contributed by atoms with van der Waals surface area (Å²) in [6.07, 6.45) is 51.5. The van der Waals surface area contributed by atoms with E-state index in [1.54, 1.807) is 0 Å². The molecule has 0 aliphatic carbocycles. The molecule has 0 fully saturated rings.